The number of hydrogen-bond acceptors (Lipinski definition) is 5. The zero-order valence-corrected chi connectivity index (χ0v) is 15.6. The maximum Gasteiger partial charge on any atom is 0.396 e. The molecule has 0 saturated carbocycles. The van der Waals surface area contributed by atoms with Gasteiger partial charge in [-0.1, -0.05) is 58.9 Å². The van der Waals surface area contributed by atoms with E-state index >= 15 is 0 Å². The summed E-state index contributed by atoms with van der Waals surface area (Å²) in [6, 6.07) is 18.5. The van der Waals surface area contributed by atoms with Crippen molar-refractivity contribution < 1.29 is 13.9 Å². The van der Waals surface area contributed by atoms with Gasteiger partial charge in [-0.15, -0.1) is 0 Å². The summed E-state index contributed by atoms with van der Waals surface area (Å²) in [5, 5.41) is 0. The van der Waals surface area contributed by atoms with Gasteiger partial charge in [0.2, 0.25) is 0 Å². The third kappa shape index (κ3) is 3.55. The number of ether oxygens (including phenoxy) is 1. The molecule has 0 amide bonds. The molecular weight excluding hydrogens is 360 g/mol. The highest BCUT2D eigenvalue weighted by Gasteiger charge is 2.15. The molecule has 0 aliphatic rings. The minimum Gasteiger partial charge on any atom is -0.423 e. The minimum atomic E-state index is -0.441. The van der Waals surface area contributed by atoms with E-state index in [1.54, 1.807) is 24.3 Å². The van der Waals surface area contributed by atoms with Crippen LogP contribution in [-0.4, -0.2) is 5.97 Å². The molecule has 0 radical (unpaired) electrons. The maximum absolute atomic E-state index is 12.5. The summed E-state index contributed by atoms with van der Waals surface area (Å²) in [4.78, 5) is 23.9. The Morgan fingerprint density at radius 1 is 0.963 bits per heavy atom. The summed E-state index contributed by atoms with van der Waals surface area (Å²) in [7, 11) is 0. The predicted molar refractivity (Wildman–Crippen MR) is 107 cm³/mol. The van der Waals surface area contributed by atoms with E-state index in [0.717, 1.165) is 33.6 Å². The van der Waals surface area contributed by atoms with Crippen LogP contribution in [0, 0.1) is 13.8 Å². The Morgan fingerprint density at radius 2 is 1.74 bits per heavy atom. The van der Waals surface area contributed by atoms with Crippen molar-refractivity contribution in [3.63, 3.8) is 0 Å². The lowest BCUT2D eigenvalue weighted by molar-refractivity contribution is 0.0735. The molecule has 0 N–H and O–H groups in total. The Kier molecular flexibility index (Phi) is 4.38. The predicted octanol–water partition coefficient (Wildman–Crippen LogP) is 5.36. The van der Waals surface area contributed by atoms with Crippen molar-refractivity contribution in [2.75, 3.05) is 0 Å². The van der Waals surface area contributed by atoms with Crippen LogP contribution >= 0.6 is 11.3 Å². The van der Waals surface area contributed by atoms with Crippen LogP contribution in [0.2, 0.25) is 0 Å². The molecule has 1 heterocycles. The fourth-order valence-electron chi connectivity index (χ4n) is 2.90. The van der Waals surface area contributed by atoms with Crippen molar-refractivity contribution in [2.24, 2.45) is 0 Å². The van der Waals surface area contributed by atoms with Crippen molar-refractivity contribution in [1.29, 1.82) is 0 Å². The second-order valence-electron chi connectivity index (χ2n) is 6.38. The zero-order chi connectivity index (χ0) is 19.0. The van der Waals surface area contributed by atoms with Crippen LogP contribution in [0.15, 0.2) is 69.9 Å². The molecule has 3 aromatic carbocycles. The highest BCUT2D eigenvalue weighted by atomic mass is 32.1. The Bertz CT molecular complexity index is 1200. The summed E-state index contributed by atoms with van der Waals surface area (Å²) >= 11 is 0.990. The molecule has 0 atom stereocenters. The Balaban J connectivity index is 1.78. The van der Waals surface area contributed by atoms with Crippen molar-refractivity contribution >= 4 is 27.6 Å². The number of rotatable bonds is 3. The van der Waals surface area contributed by atoms with Crippen molar-refractivity contribution in [2.45, 2.75) is 13.8 Å². The van der Waals surface area contributed by atoms with E-state index in [-0.39, 0.29) is 4.94 Å². The highest BCUT2D eigenvalue weighted by molar-refractivity contribution is 7.16. The van der Waals surface area contributed by atoms with Gasteiger partial charge < -0.3 is 9.15 Å². The summed E-state index contributed by atoms with van der Waals surface area (Å²) < 4.78 is 11.6. The van der Waals surface area contributed by atoms with Crippen molar-refractivity contribution in [3.05, 3.63) is 87.1 Å². The van der Waals surface area contributed by atoms with E-state index in [2.05, 4.69) is 0 Å². The van der Waals surface area contributed by atoms with Gasteiger partial charge in [-0.25, -0.2) is 9.59 Å². The molecule has 4 nitrogen and oxygen atoms in total. The largest absolute Gasteiger partial charge is 0.423 e. The number of hydrogen-bond donors (Lipinski definition) is 0. The zero-order valence-electron chi connectivity index (χ0n) is 14.8. The normalized spacial score (nSPS) is 10.9. The van der Waals surface area contributed by atoms with E-state index in [1.165, 1.54) is 0 Å². The standard InChI is InChI=1S/C22H16O4S/c1-13-6-8-15(9-7-13)18-11-17(12-19-20(18)26-22(24)27-19)25-21(23)16-5-3-4-14(2)10-16/h3-12H,1-2H3. The van der Waals surface area contributed by atoms with Gasteiger partial charge in [-0.2, -0.15) is 0 Å². The average molecular weight is 376 g/mol. The fraction of sp³-hybridized carbons (Fsp3) is 0.0909. The minimum absolute atomic E-state index is 0.377. The number of esters is 1. The Labute approximate surface area is 159 Å². The molecule has 1 aromatic heterocycles. The smallest absolute Gasteiger partial charge is 0.396 e. The molecule has 4 aromatic rings. The van der Waals surface area contributed by atoms with Crippen molar-refractivity contribution in [3.8, 4) is 16.9 Å². The summed E-state index contributed by atoms with van der Waals surface area (Å²) in [6.45, 7) is 3.92. The number of carbonyl (C=O) groups is 1. The summed E-state index contributed by atoms with van der Waals surface area (Å²) in [6.07, 6.45) is 0. The van der Waals surface area contributed by atoms with E-state index in [4.69, 9.17) is 9.15 Å². The third-order valence-corrected chi connectivity index (χ3v) is 5.01. The van der Waals surface area contributed by atoms with Crippen LogP contribution in [0.5, 0.6) is 5.75 Å². The van der Waals surface area contributed by atoms with Gasteiger partial charge in [-0.05, 0) is 37.6 Å². The third-order valence-electron chi connectivity index (χ3n) is 4.23. The molecule has 0 unspecified atom stereocenters. The molecule has 134 valence electrons. The first-order valence-corrected chi connectivity index (χ1v) is 9.25. The lowest BCUT2D eigenvalue weighted by Gasteiger charge is -2.08. The fourth-order valence-corrected chi connectivity index (χ4v) is 3.62. The van der Waals surface area contributed by atoms with Crippen LogP contribution in [0.4, 0.5) is 0 Å². The molecule has 27 heavy (non-hydrogen) atoms. The summed E-state index contributed by atoms with van der Waals surface area (Å²) in [5.41, 5.74) is 4.70. The number of benzene rings is 3. The van der Waals surface area contributed by atoms with Crippen LogP contribution in [0.1, 0.15) is 21.5 Å². The van der Waals surface area contributed by atoms with Gasteiger partial charge >= 0.3 is 10.9 Å². The molecule has 0 bridgehead atoms. The molecule has 0 aliphatic heterocycles. The highest BCUT2D eigenvalue weighted by Crippen LogP contribution is 2.34. The molecule has 0 spiro atoms. The second kappa shape index (κ2) is 6.85. The molecule has 5 heteroatoms. The topological polar surface area (TPSA) is 56.5 Å². The molecule has 0 saturated heterocycles. The first-order chi connectivity index (χ1) is 13.0. The number of carbonyl (C=O) groups excluding carboxylic acids is 1. The van der Waals surface area contributed by atoms with Crippen LogP contribution in [-0.2, 0) is 0 Å². The van der Waals surface area contributed by atoms with Gasteiger partial charge in [-0.3, -0.25) is 0 Å². The van der Waals surface area contributed by atoms with E-state index in [9.17, 15) is 9.59 Å². The van der Waals surface area contributed by atoms with Gasteiger partial charge in [0, 0.05) is 11.6 Å². The Morgan fingerprint density at radius 3 is 2.48 bits per heavy atom. The summed E-state index contributed by atoms with van der Waals surface area (Å²) in [5.74, 6) is -0.0645. The van der Waals surface area contributed by atoms with Gasteiger partial charge in [0.05, 0.1) is 10.3 Å². The lowest BCUT2D eigenvalue weighted by atomic mass is 10.0. The van der Waals surface area contributed by atoms with Gasteiger partial charge in [0.15, 0.2) is 5.58 Å². The average Bonchev–Trinajstić information content (AvgIpc) is 3.02. The van der Waals surface area contributed by atoms with Gasteiger partial charge in [0.1, 0.15) is 5.75 Å². The van der Waals surface area contributed by atoms with Gasteiger partial charge in [0.25, 0.3) is 0 Å². The monoisotopic (exact) mass is 376 g/mol. The molecule has 0 fully saturated rings. The SMILES string of the molecule is Cc1ccc(-c2cc(OC(=O)c3cccc(C)c3)cc3sc(=O)oc23)cc1. The first-order valence-electron chi connectivity index (χ1n) is 8.43. The number of aryl methyl sites for hydroxylation is 2. The molecular formula is C22H16O4S. The molecule has 4 rings (SSSR count). The quantitative estimate of drug-likeness (QED) is 0.357. The van der Waals surface area contributed by atoms with Crippen LogP contribution in [0.25, 0.3) is 21.4 Å². The van der Waals surface area contributed by atoms with E-state index in [0.29, 0.717) is 21.6 Å². The molecule has 0 aliphatic carbocycles. The first kappa shape index (κ1) is 17.2. The lowest BCUT2D eigenvalue weighted by Crippen LogP contribution is -2.08. The Hall–Kier alpha value is -3.18. The second-order valence-corrected chi connectivity index (χ2v) is 7.35. The van der Waals surface area contributed by atoms with Crippen LogP contribution in [0.3, 0.4) is 0 Å². The maximum atomic E-state index is 12.5. The van der Waals surface area contributed by atoms with Crippen LogP contribution < -0.4 is 9.68 Å². The van der Waals surface area contributed by atoms with E-state index in [1.807, 2.05) is 50.2 Å². The van der Waals surface area contributed by atoms with E-state index < -0.39 is 5.97 Å². The number of fused-ring (bicyclic) bond motifs is 1. The van der Waals surface area contributed by atoms with Crippen molar-refractivity contribution in [1.82, 2.24) is 0 Å².